The van der Waals surface area contributed by atoms with Crippen molar-refractivity contribution in [3.05, 3.63) is 0 Å². The van der Waals surface area contributed by atoms with E-state index in [2.05, 4.69) is 5.32 Å². The van der Waals surface area contributed by atoms with E-state index in [-0.39, 0.29) is 18.0 Å². The third kappa shape index (κ3) is 2.48. The molecule has 1 saturated heterocycles. The first-order valence-electron chi connectivity index (χ1n) is 3.80. The highest BCUT2D eigenvalue weighted by molar-refractivity contribution is 5.73. The quantitative estimate of drug-likeness (QED) is 0.527. The molecule has 1 aliphatic heterocycles. The second kappa shape index (κ2) is 3.69. The molecule has 0 radical (unpaired) electrons. The molecule has 0 aromatic carbocycles. The summed E-state index contributed by atoms with van der Waals surface area (Å²) >= 11 is 0. The molecule has 1 heterocycles. The molecule has 4 heteroatoms. The summed E-state index contributed by atoms with van der Waals surface area (Å²) < 4.78 is 5.16. The van der Waals surface area contributed by atoms with Crippen LogP contribution in [0.15, 0.2) is 0 Å². The highest BCUT2D eigenvalue weighted by Crippen LogP contribution is 2.04. The molecular weight excluding hydrogens is 144 g/mol. The van der Waals surface area contributed by atoms with Crippen molar-refractivity contribution in [3.63, 3.8) is 0 Å². The van der Waals surface area contributed by atoms with Crippen LogP contribution in [0, 0.1) is 0 Å². The van der Waals surface area contributed by atoms with Crippen LogP contribution < -0.4 is 11.1 Å². The molecule has 0 spiro atoms. The maximum Gasteiger partial charge on any atom is 0.217 e. The monoisotopic (exact) mass is 158 g/mol. The Balaban J connectivity index is 2.35. The Morgan fingerprint density at radius 2 is 2.45 bits per heavy atom. The fourth-order valence-corrected chi connectivity index (χ4v) is 1.16. The van der Waals surface area contributed by atoms with Gasteiger partial charge in [0.15, 0.2) is 0 Å². The average molecular weight is 158 g/mol. The van der Waals surface area contributed by atoms with Gasteiger partial charge >= 0.3 is 0 Å². The fourth-order valence-electron chi connectivity index (χ4n) is 1.16. The summed E-state index contributed by atoms with van der Waals surface area (Å²) in [5.41, 5.74) is 5.73. The van der Waals surface area contributed by atoms with Crippen molar-refractivity contribution in [1.29, 1.82) is 0 Å². The zero-order valence-corrected chi connectivity index (χ0v) is 6.67. The molecule has 11 heavy (non-hydrogen) atoms. The molecule has 0 aromatic rings. The zero-order chi connectivity index (χ0) is 8.27. The number of rotatable bonds is 1. The summed E-state index contributed by atoms with van der Waals surface area (Å²) in [5.74, 6) is -0.0454. The van der Waals surface area contributed by atoms with Gasteiger partial charge in [-0.1, -0.05) is 0 Å². The van der Waals surface area contributed by atoms with Crippen LogP contribution in [-0.2, 0) is 9.53 Å². The largest absolute Gasteiger partial charge is 0.379 e. The zero-order valence-electron chi connectivity index (χ0n) is 6.67. The van der Waals surface area contributed by atoms with E-state index >= 15 is 0 Å². The second-order valence-corrected chi connectivity index (χ2v) is 2.83. The van der Waals surface area contributed by atoms with Crippen LogP contribution >= 0.6 is 0 Å². The van der Waals surface area contributed by atoms with Gasteiger partial charge in [-0.15, -0.1) is 0 Å². The lowest BCUT2D eigenvalue weighted by Gasteiger charge is -2.28. The average Bonchev–Trinajstić information content (AvgIpc) is 1.93. The first-order valence-corrected chi connectivity index (χ1v) is 3.80. The third-order valence-electron chi connectivity index (χ3n) is 1.80. The van der Waals surface area contributed by atoms with Crippen molar-refractivity contribution < 1.29 is 9.53 Å². The van der Waals surface area contributed by atoms with Gasteiger partial charge in [0.05, 0.1) is 12.6 Å². The van der Waals surface area contributed by atoms with E-state index in [1.807, 2.05) is 0 Å². The number of nitrogens with two attached hydrogens (primary N) is 1. The van der Waals surface area contributed by atoms with E-state index < -0.39 is 0 Å². The molecule has 0 aromatic heterocycles. The minimum atomic E-state index is -0.0454. The SMILES string of the molecule is CC(=O)NC1COCCC1N. The van der Waals surface area contributed by atoms with E-state index in [4.69, 9.17) is 10.5 Å². The predicted molar refractivity (Wildman–Crippen MR) is 41.0 cm³/mol. The first kappa shape index (κ1) is 8.49. The minimum Gasteiger partial charge on any atom is -0.379 e. The van der Waals surface area contributed by atoms with Crippen LogP contribution in [0.4, 0.5) is 0 Å². The Morgan fingerprint density at radius 1 is 1.73 bits per heavy atom. The lowest BCUT2D eigenvalue weighted by atomic mass is 10.1. The number of ether oxygens (including phenoxy) is 1. The molecule has 3 N–H and O–H groups in total. The predicted octanol–water partition coefficient (Wildman–Crippen LogP) is -0.761. The Morgan fingerprint density at radius 3 is 3.00 bits per heavy atom. The van der Waals surface area contributed by atoms with Gasteiger partial charge in [-0.2, -0.15) is 0 Å². The number of nitrogens with one attached hydrogen (secondary N) is 1. The van der Waals surface area contributed by atoms with Crippen LogP contribution in [0.5, 0.6) is 0 Å². The van der Waals surface area contributed by atoms with Crippen molar-refractivity contribution in [2.75, 3.05) is 13.2 Å². The Hall–Kier alpha value is -0.610. The standard InChI is InChI=1S/C7H14N2O2/c1-5(10)9-7-4-11-3-2-6(7)8/h6-7H,2-4,8H2,1H3,(H,9,10). The lowest BCUT2D eigenvalue weighted by molar-refractivity contribution is -0.120. The molecule has 0 bridgehead atoms. The van der Waals surface area contributed by atoms with Gasteiger partial charge in [-0.05, 0) is 6.42 Å². The van der Waals surface area contributed by atoms with E-state index in [1.54, 1.807) is 0 Å². The van der Waals surface area contributed by atoms with Crippen molar-refractivity contribution in [3.8, 4) is 0 Å². The van der Waals surface area contributed by atoms with E-state index in [9.17, 15) is 4.79 Å². The Kier molecular flexibility index (Phi) is 2.84. The minimum absolute atomic E-state index is 0.00116. The van der Waals surface area contributed by atoms with Gasteiger partial charge < -0.3 is 15.8 Å². The van der Waals surface area contributed by atoms with E-state index in [1.165, 1.54) is 6.92 Å². The topological polar surface area (TPSA) is 64.3 Å². The number of hydrogen-bond acceptors (Lipinski definition) is 3. The molecule has 1 rings (SSSR count). The lowest BCUT2D eigenvalue weighted by Crippen LogP contribution is -2.52. The summed E-state index contributed by atoms with van der Waals surface area (Å²) in [5, 5.41) is 2.74. The van der Waals surface area contributed by atoms with Crippen LogP contribution in [0.1, 0.15) is 13.3 Å². The van der Waals surface area contributed by atoms with Gasteiger partial charge in [0.25, 0.3) is 0 Å². The highest BCUT2D eigenvalue weighted by Gasteiger charge is 2.22. The highest BCUT2D eigenvalue weighted by atomic mass is 16.5. The molecule has 0 saturated carbocycles. The van der Waals surface area contributed by atoms with E-state index in [0.29, 0.717) is 13.2 Å². The van der Waals surface area contributed by atoms with E-state index in [0.717, 1.165) is 6.42 Å². The number of carbonyl (C=O) groups is 1. The van der Waals surface area contributed by atoms with Gasteiger partial charge in [0.1, 0.15) is 0 Å². The summed E-state index contributed by atoms with van der Waals surface area (Å²) in [6.45, 7) is 2.74. The molecule has 64 valence electrons. The van der Waals surface area contributed by atoms with Crippen LogP contribution in [0.25, 0.3) is 0 Å². The number of amides is 1. The van der Waals surface area contributed by atoms with Crippen molar-refractivity contribution >= 4 is 5.91 Å². The van der Waals surface area contributed by atoms with Crippen molar-refractivity contribution in [2.45, 2.75) is 25.4 Å². The number of hydrogen-bond donors (Lipinski definition) is 2. The summed E-state index contributed by atoms with van der Waals surface area (Å²) in [4.78, 5) is 10.6. The molecule has 1 fully saturated rings. The van der Waals surface area contributed by atoms with Crippen LogP contribution in [0.3, 0.4) is 0 Å². The van der Waals surface area contributed by atoms with Crippen LogP contribution in [-0.4, -0.2) is 31.2 Å². The van der Waals surface area contributed by atoms with Crippen molar-refractivity contribution in [2.24, 2.45) is 5.73 Å². The summed E-state index contributed by atoms with van der Waals surface area (Å²) in [7, 11) is 0. The normalized spacial score (nSPS) is 31.5. The molecule has 1 amide bonds. The summed E-state index contributed by atoms with van der Waals surface area (Å²) in [6.07, 6.45) is 0.824. The second-order valence-electron chi connectivity index (χ2n) is 2.83. The van der Waals surface area contributed by atoms with Gasteiger partial charge in [0.2, 0.25) is 5.91 Å². The molecular formula is C7H14N2O2. The molecule has 4 nitrogen and oxygen atoms in total. The van der Waals surface area contributed by atoms with Gasteiger partial charge in [0, 0.05) is 19.6 Å². The van der Waals surface area contributed by atoms with Crippen molar-refractivity contribution in [1.82, 2.24) is 5.32 Å². The summed E-state index contributed by atoms with van der Waals surface area (Å²) in [6, 6.07) is 0.0499. The number of carbonyl (C=O) groups excluding carboxylic acids is 1. The third-order valence-corrected chi connectivity index (χ3v) is 1.80. The molecule has 2 atom stereocenters. The molecule has 1 aliphatic rings. The maximum absolute atomic E-state index is 10.6. The van der Waals surface area contributed by atoms with Gasteiger partial charge in [-0.25, -0.2) is 0 Å². The Labute approximate surface area is 66.1 Å². The van der Waals surface area contributed by atoms with Gasteiger partial charge in [-0.3, -0.25) is 4.79 Å². The van der Waals surface area contributed by atoms with Crippen LogP contribution in [0.2, 0.25) is 0 Å². The maximum atomic E-state index is 10.6. The Bertz CT molecular complexity index is 149. The fraction of sp³-hybridized carbons (Fsp3) is 0.857. The smallest absolute Gasteiger partial charge is 0.217 e. The molecule has 2 unspecified atom stereocenters. The molecule has 0 aliphatic carbocycles. The first-order chi connectivity index (χ1) is 5.20.